The van der Waals surface area contributed by atoms with Crippen LogP contribution in [0.4, 0.5) is 11.4 Å². The van der Waals surface area contributed by atoms with Crippen molar-refractivity contribution in [3.05, 3.63) is 20.4 Å². The molecule has 0 fully saturated rings. The summed E-state index contributed by atoms with van der Waals surface area (Å²) >= 11 is 0. The molecule has 0 atom stereocenters. The molecular weight excluding hydrogens is 240 g/mol. The van der Waals surface area contributed by atoms with Crippen LogP contribution in [0.5, 0.6) is 0 Å². The molecule has 4 heteroatoms. The molecule has 0 aliphatic carbocycles. The third-order valence-corrected chi connectivity index (χ3v) is 3.67. The summed E-state index contributed by atoms with van der Waals surface area (Å²) in [6.45, 7) is 8.56. The normalized spacial score (nSPS) is 10.9. The van der Waals surface area contributed by atoms with Gasteiger partial charge in [-0.2, -0.15) is 0 Å². The number of anilines is 2. The number of nitrogens with zero attached hydrogens (tertiary/aromatic N) is 2. The molecule has 0 heterocycles. The molecule has 0 aliphatic heterocycles. The van der Waals surface area contributed by atoms with Crippen LogP contribution in [0, 0.1) is 0 Å². The number of hydrogen-bond acceptors (Lipinski definition) is 4. The fraction of sp³-hybridized carbons (Fsp3) is 0.733. The molecule has 0 saturated heterocycles. The van der Waals surface area contributed by atoms with Crippen molar-refractivity contribution in [3.8, 4) is 0 Å². The van der Waals surface area contributed by atoms with Crippen molar-refractivity contribution < 1.29 is 0 Å². The van der Waals surface area contributed by atoms with Crippen molar-refractivity contribution >= 4 is 11.4 Å². The average Bonchev–Trinajstić information content (AvgIpc) is 2.43. The SMILES string of the molecule is CCCCCCN(C)c1c(N(CC)CC)c(=O)c1=O. The third-order valence-electron chi connectivity index (χ3n) is 3.67. The second-order valence-corrected chi connectivity index (χ2v) is 5.01. The van der Waals surface area contributed by atoms with Crippen LogP contribution >= 0.6 is 0 Å². The van der Waals surface area contributed by atoms with E-state index in [1.54, 1.807) is 0 Å². The van der Waals surface area contributed by atoms with E-state index in [0.29, 0.717) is 11.4 Å². The first-order valence-corrected chi connectivity index (χ1v) is 7.37. The van der Waals surface area contributed by atoms with Gasteiger partial charge in [0.1, 0.15) is 11.4 Å². The topological polar surface area (TPSA) is 40.6 Å². The lowest BCUT2D eigenvalue weighted by atomic mass is 10.1. The lowest BCUT2D eigenvalue weighted by Crippen LogP contribution is -2.45. The Morgan fingerprint density at radius 1 is 0.842 bits per heavy atom. The van der Waals surface area contributed by atoms with Crippen molar-refractivity contribution in [2.45, 2.75) is 46.5 Å². The van der Waals surface area contributed by atoms with E-state index < -0.39 is 0 Å². The van der Waals surface area contributed by atoms with Gasteiger partial charge in [0.05, 0.1) is 0 Å². The van der Waals surface area contributed by atoms with Crippen molar-refractivity contribution in [2.75, 3.05) is 36.5 Å². The molecule has 0 N–H and O–H groups in total. The van der Waals surface area contributed by atoms with E-state index in [4.69, 9.17) is 0 Å². The Hall–Kier alpha value is -1.32. The van der Waals surface area contributed by atoms with Crippen LogP contribution in [-0.4, -0.2) is 26.7 Å². The monoisotopic (exact) mass is 266 g/mol. The minimum absolute atomic E-state index is 0.320. The van der Waals surface area contributed by atoms with Gasteiger partial charge in [-0.1, -0.05) is 26.2 Å². The Kier molecular flexibility index (Phi) is 6.06. The highest BCUT2D eigenvalue weighted by Crippen LogP contribution is 2.23. The van der Waals surface area contributed by atoms with Crippen molar-refractivity contribution in [1.82, 2.24) is 0 Å². The Labute approximate surface area is 115 Å². The van der Waals surface area contributed by atoms with E-state index in [9.17, 15) is 9.59 Å². The lowest BCUT2D eigenvalue weighted by molar-refractivity contribution is 0.659. The minimum atomic E-state index is -0.320. The highest BCUT2D eigenvalue weighted by molar-refractivity contribution is 5.76. The summed E-state index contributed by atoms with van der Waals surface area (Å²) < 4.78 is 0. The first kappa shape index (κ1) is 15.7. The van der Waals surface area contributed by atoms with E-state index in [-0.39, 0.29) is 10.9 Å². The summed E-state index contributed by atoms with van der Waals surface area (Å²) in [7, 11) is 1.91. The van der Waals surface area contributed by atoms with Gasteiger partial charge in [-0.25, -0.2) is 0 Å². The van der Waals surface area contributed by atoms with Gasteiger partial charge in [0.15, 0.2) is 0 Å². The Balaban J connectivity index is 2.75. The molecule has 1 aromatic rings. The summed E-state index contributed by atoms with van der Waals surface area (Å²) in [5.41, 5.74) is 0.595. The molecule has 1 aromatic carbocycles. The fourth-order valence-corrected chi connectivity index (χ4v) is 2.44. The lowest BCUT2D eigenvalue weighted by Gasteiger charge is -2.29. The number of unbranched alkanes of at least 4 members (excludes halogenated alkanes) is 3. The maximum absolute atomic E-state index is 11.8. The van der Waals surface area contributed by atoms with Crippen molar-refractivity contribution in [2.24, 2.45) is 0 Å². The Morgan fingerprint density at radius 3 is 1.95 bits per heavy atom. The first-order chi connectivity index (χ1) is 9.08. The molecule has 108 valence electrons. The summed E-state index contributed by atoms with van der Waals surface area (Å²) in [5.74, 6) is 0. The summed E-state index contributed by atoms with van der Waals surface area (Å²) in [6, 6.07) is 0. The molecule has 0 radical (unpaired) electrons. The van der Waals surface area contributed by atoms with E-state index in [0.717, 1.165) is 26.1 Å². The van der Waals surface area contributed by atoms with Gasteiger partial charge in [-0.15, -0.1) is 0 Å². The largest absolute Gasteiger partial charge is 0.370 e. The maximum atomic E-state index is 11.8. The first-order valence-electron chi connectivity index (χ1n) is 7.37. The van der Waals surface area contributed by atoms with Gasteiger partial charge in [0.25, 0.3) is 10.9 Å². The number of rotatable bonds is 9. The van der Waals surface area contributed by atoms with Crippen LogP contribution in [0.2, 0.25) is 0 Å². The predicted octanol–water partition coefficient (Wildman–Crippen LogP) is 2.15. The van der Waals surface area contributed by atoms with E-state index in [1.807, 2.05) is 30.7 Å². The molecule has 1 rings (SSSR count). The highest BCUT2D eigenvalue weighted by Gasteiger charge is 2.26. The minimum Gasteiger partial charge on any atom is -0.370 e. The van der Waals surface area contributed by atoms with Crippen LogP contribution in [0.15, 0.2) is 9.59 Å². The third kappa shape index (κ3) is 3.37. The molecule has 0 bridgehead atoms. The van der Waals surface area contributed by atoms with Crippen LogP contribution < -0.4 is 20.7 Å². The van der Waals surface area contributed by atoms with Gasteiger partial charge in [0, 0.05) is 26.7 Å². The van der Waals surface area contributed by atoms with Gasteiger partial charge in [-0.3, -0.25) is 9.59 Å². The van der Waals surface area contributed by atoms with Gasteiger partial charge < -0.3 is 9.80 Å². The van der Waals surface area contributed by atoms with Gasteiger partial charge in [0.2, 0.25) is 0 Å². The zero-order chi connectivity index (χ0) is 14.4. The molecular formula is C15H26N2O2. The molecule has 4 nitrogen and oxygen atoms in total. The molecule has 0 amide bonds. The highest BCUT2D eigenvalue weighted by atomic mass is 16.2. The van der Waals surface area contributed by atoms with Crippen molar-refractivity contribution in [1.29, 1.82) is 0 Å². The van der Waals surface area contributed by atoms with Gasteiger partial charge >= 0.3 is 0 Å². The van der Waals surface area contributed by atoms with Crippen LogP contribution in [0.3, 0.4) is 0 Å². The second kappa shape index (κ2) is 7.31. The zero-order valence-electron chi connectivity index (χ0n) is 12.7. The van der Waals surface area contributed by atoms with E-state index >= 15 is 0 Å². The predicted molar refractivity (Wildman–Crippen MR) is 82.3 cm³/mol. The Morgan fingerprint density at radius 2 is 1.42 bits per heavy atom. The molecule has 0 unspecified atom stereocenters. The van der Waals surface area contributed by atoms with Crippen LogP contribution in [-0.2, 0) is 0 Å². The van der Waals surface area contributed by atoms with Crippen molar-refractivity contribution in [3.63, 3.8) is 0 Å². The molecule has 0 aliphatic rings. The molecule has 0 spiro atoms. The Bertz CT molecular complexity index is 457. The van der Waals surface area contributed by atoms with E-state index in [2.05, 4.69) is 6.92 Å². The average molecular weight is 266 g/mol. The quantitative estimate of drug-likeness (QED) is 0.507. The summed E-state index contributed by atoms with van der Waals surface area (Å²) in [5, 5.41) is 0. The van der Waals surface area contributed by atoms with Crippen LogP contribution in [0.25, 0.3) is 0 Å². The standard InChI is InChI=1S/C15H26N2O2/c1-5-8-9-10-11-16(4)12-13(15(19)14(12)18)17(6-2)7-3/h5-11H2,1-4H3. The van der Waals surface area contributed by atoms with Crippen LogP contribution in [0.1, 0.15) is 46.5 Å². The smallest absolute Gasteiger partial charge is 0.253 e. The summed E-state index contributed by atoms with van der Waals surface area (Å²) in [6.07, 6.45) is 4.68. The fourth-order valence-electron chi connectivity index (χ4n) is 2.44. The van der Waals surface area contributed by atoms with E-state index in [1.165, 1.54) is 19.3 Å². The molecule has 19 heavy (non-hydrogen) atoms. The zero-order valence-corrected chi connectivity index (χ0v) is 12.7. The van der Waals surface area contributed by atoms with Gasteiger partial charge in [-0.05, 0) is 20.3 Å². The number of hydrogen-bond donors (Lipinski definition) is 0. The maximum Gasteiger partial charge on any atom is 0.253 e. The molecule has 0 saturated carbocycles. The second-order valence-electron chi connectivity index (χ2n) is 5.01. The summed E-state index contributed by atoms with van der Waals surface area (Å²) in [4.78, 5) is 27.4. The molecule has 0 aromatic heterocycles.